The van der Waals surface area contributed by atoms with Crippen LogP contribution in [-0.2, 0) is 4.79 Å². The Morgan fingerprint density at radius 1 is 1.40 bits per heavy atom. The maximum absolute atomic E-state index is 12.1. The van der Waals surface area contributed by atoms with E-state index in [-0.39, 0.29) is 17.9 Å². The van der Waals surface area contributed by atoms with Crippen molar-refractivity contribution in [1.82, 2.24) is 10.6 Å². The molecule has 0 bridgehead atoms. The highest BCUT2D eigenvalue weighted by molar-refractivity contribution is 5.79. The Morgan fingerprint density at radius 3 is 2.70 bits per heavy atom. The molecule has 4 heteroatoms. The number of carbonyl (C=O) groups excluding carboxylic acids is 1. The lowest BCUT2D eigenvalue weighted by Gasteiger charge is -2.19. The van der Waals surface area contributed by atoms with Crippen LogP contribution in [0, 0.1) is 18.8 Å². The van der Waals surface area contributed by atoms with Gasteiger partial charge in [0.05, 0.1) is 12.0 Å². The van der Waals surface area contributed by atoms with Crippen LogP contribution in [0.4, 0.5) is 0 Å². The Labute approximate surface area is 120 Å². The number of hydrogen-bond acceptors (Lipinski definition) is 3. The predicted octanol–water partition coefficient (Wildman–Crippen LogP) is 1.73. The van der Waals surface area contributed by atoms with E-state index in [4.69, 9.17) is 4.74 Å². The van der Waals surface area contributed by atoms with Crippen molar-refractivity contribution in [3.8, 4) is 5.75 Å². The number of benzene rings is 1. The number of hydrogen-bond donors (Lipinski definition) is 2. The fraction of sp³-hybridized carbons (Fsp3) is 0.562. The third-order valence-corrected chi connectivity index (χ3v) is 3.76. The molecule has 1 saturated heterocycles. The van der Waals surface area contributed by atoms with E-state index < -0.39 is 0 Å². The van der Waals surface area contributed by atoms with Gasteiger partial charge in [-0.2, -0.15) is 0 Å². The van der Waals surface area contributed by atoms with E-state index in [0.29, 0.717) is 12.5 Å². The molecule has 0 aliphatic carbocycles. The van der Waals surface area contributed by atoms with Gasteiger partial charge in [-0.3, -0.25) is 4.79 Å². The molecule has 2 rings (SSSR count). The van der Waals surface area contributed by atoms with Gasteiger partial charge in [-0.25, -0.2) is 0 Å². The minimum atomic E-state index is 0.0107. The number of nitrogens with one attached hydrogen (secondary N) is 2. The highest BCUT2D eigenvalue weighted by atomic mass is 16.5. The zero-order valence-corrected chi connectivity index (χ0v) is 12.5. The van der Waals surface area contributed by atoms with Crippen LogP contribution in [0.15, 0.2) is 24.3 Å². The van der Waals surface area contributed by atoms with Crippen LogP contribution in [0.25, 0.3) is 0 Å². The summed E-state index contributed by atoms with van der Waals surface area (Å²) >= 11 is 0. The number of ether oxygens (including phenoxy) is 1. The molecule has 3 unspecified atom stereocenters. The molecule has 3 atom stereocenters. The van der Waals surface area contributed by atoms with E-state index >= 15 is 0 Å². The average molecular weight is 276 g/mol. The van der Waals surface area contributed by atoms with Crippen LogP contribution in [-0.4, -0.2) is 31.6 Å². The molecule has 0 radical (unpaired) electrons. The summed E-state index contributed by atoms with van der Waals surface area (Å²) in [5.41, 5.74) is 1.21. The zero-order valence-electron chi connectivity index (χ0n) is 12.5. The van der Waals surface area contributed by atoms with E-state index in [1.165, 1.54) is 5.56 Å². The second kappa shape index (κ2) is 6.75. The van der Waals surface area contributed by atoms with E-state index in [1.807, 2.05) is 38.1 Å². The number of carbonyl (C=O) groups is 1. The highest BCUT2D eigenvalue weighted by Gasteiger charge is 2.30. The van der Waals surface area contributed by atoms with Crippen LogP contribution in [0.5, 0.6) is 5.75 Å². The second-order valence-electron chi connectivity index (χ2n) is 5.78. The molecule has 1 aromatic rings. The lowest BCUT2D eigenvalue weighted by Crippen LogP contribution is -2.42. The lowest BCUT2D eigenvalue weighted by molar-refractivity contribution is -0.126. The first-order valence-corrected chi connectivity index (χ1v) is 7.27. The SMILES string of the molecule is Cc1ccc(OCC(C)NC(=O)C2CNCC2C)cc1. The van der Waals surface area contributed by atoms with E-state index in [1.54, 1.807) is 0 Å². The first kappa shape index (κ1) is 14.9. The monoisotopic (exact) mass is 276 g/mol. The molecule has 1 aliphatic heterocycles. The summed E-state index contributed by atoms with van der Waals surface area (Å²) in [6.07, 6.45) is 0. The molecular weight excluding hydrogens is 252 g/mol. The molecule has 1 aromatic carbocycles. The fourth-order valence-corrected chi connectivity index (χ4v) is 2.41. The molecule has 0 aromatic heterocycles. The van der Waals surface area contributed by atoms with Gasteiger partial charge in [0.25, 0.3) is 0 Å². The second-order valence-corrected chi connectivity index (χ2v) is 5.78. The van der Waals surface area contributed by atoms with Gasteiger partial charge in [0, 0.05) is 6.54 Å². The smallest absolute Gasteiger partial charge is 0.225 e. The van der Waals surface area contributed by atoms with Crippen LogP contribution in [0.2, 0.25) is 0 Å². The summed E-state index contributed by atoms with van der Waals surface area (Å²) in [7, 11) is 0. The zero-order chi connectivity index (χ0) is 14.5. The number of amides is 1. The Balaban J connectivity index is 1.76. The largest absolute Gasteiger partial charge is 0.491 e. The van der Waals surface area contributed by atoms with Crippen molar-refractivity contribution in [3.05, 3.63) is 29.8 Å². The van der Waals surface area contributed by atoms with Gasteiger partial charge in [-0.1, -0.05) is 24.6 Å². The highest BCUT2D eigenvalue weighted by Crippen LogP contribution is 2.16. The molecule has 20 heavy (non-hydrogen) atoms. The van der Waals surface area contributed by atoms with Gasteiger partial charge in [0.1, 0.15) is 12.4 Å². The Hall–Kier alpha value is -1.55. The van der Waals surface area contributed by atoms with Crippen molar-refractivity contribution in [1.29, 1.82) is 0 Å². The third kappa shape index (κ3) is 3.97. The first-order valence-electron chi connectivity index (χ1n) is 7.27. The quantitative estimate of drug-likeness (QED) is 0.861. The summed E-state index contributed by atoms with van der Waals surface area (Å²) in [5.74, 6) is 1.45. The topological polar surface area (TPSA) is 50.4 Å². The molecule has 0 spiro atoms. The van der Waals surface area contributed by atoms with Crippen molar-refractivity contribution >= 4 is 5.91 Å². The van der Waals surface area contributed by atoms with Crippen molar-refractivity contribution in [3.63, 3.8) is 0 Å². The van der Waals surface area contributed by atoms with Gasteiger partial charge in [-0.05, 0) is 38.4 Å². The van der Waals surface area contributed by atoms with Gasteiger partial charge < -0.3 is 15.4 Å². The van der Waals surface area contributed by atoms with E-state index in [0.717, 1.165) is 18.8 Å². The third-order valence-electron chi connectivity index (χ3n) is 3.76. The number of aryl methyl sites for hydroxylation is 1. The molecule has 4 nitrogen and oxygen atoms in total. The molecular formula is C16H24N2O2. The Kier molecular flexibility index (Phi) is 5.01. The fourth-order valence-electron chi connectivity index (χ4n) is 2.41. The average Bonchev–Trinajstić information content (AvgIpc) is 2.84. The summed E-state index contributed by atoms with van der Waals surface area (Å²) in [6, 6.07) is 7.95. The van der Waals surface area contributed by atoms with Crippen molar-refractivity contribution in [2.24, 2.45) is 11.8 Å². The van der Waals surface area contributed by atoms with Crippen molar-refractivity contribution in [2.45, 2.75) is 26.8 Å². The molecule has 1 amide bonds. The Bertz CT molecular complexity index is 444. The van der Waals surface area contributed by atoms with Gasteiger partial charge >= 0.3 is 0 Å². The van der Waals surface area contributed by atoms with Gasteiger partial charge in [-0.15, -0.1) is 0 Å². The molecule has 1 aliphatic rings. The summed E-state index contributed by atoms with van der Waals surface area (Å²) in [4.78, 5) is 12.1. The minimum Gasteiger partial charge on any atom is -0.491 e. The number of rotatable bonds is 5. The Morgan fingerprint density at radius 2 is 2.10 bits per heavy atom. The van der Waals surface area contributed by atoms with Crippen molar-refractivity contribution < 1.29 is 9.53 Å². The molecule has 110 valence electrons. The van der Waals surface area contributed by atoms with Gasteiger partial charge in [0.2, 0.25) is 5.91 Å². The summed E-state index contributed by atoms with van der Waals surface area (Å²) in [5, 5.41) is 6.28. The molecule has 1 heterocycles. The maximum atomic E-state index is 12.1. The van der Waals surface area contributed by atoms with Crippen LogP contribution < -0.4 is 15.4 Å². The van der Waals surface area contributed by atoms with Gasteiger partial charge in [0.15, 0.2) is 0 Å². The first-order chi connectivity index (χ1) is 9.56. The standard InChI is InChI=1S/C16H24N2O2/c1-11-4-6-14(7-5-11)20-10-13(3)18-16(19)15-9-17-8-12(15)2/h4-7,12-13,15,17H,8-10H2,1-3H3,(H,18,19). The van der Waals surface area contributed by atoms with E-state index in [9.17, 15) is 4.79 Å². The van der Waals surface area contributed by atoms with Crippen LogP contribution in [0.3, 0.4) is 0 Å². The summed E-state index contributed by atoms with van der Waals surface area (Å²) < 4.78 is 5.68. The molecule has 1 fully saturated rings. The van der Waals surface area contributed by atoms with Crippen LogP contribution >= 0.6 is 0 Å². The minimum absolute atomic E-state index is 0.0107. The normalized spacial score (nSPS) is 23.4. The molecule has 0 saturated carbocycles. The molecule has 2 N–H and O–H groups in total. The summed E-state index contributed by atoms with van der Waals surface area (Å²) in [6.45, 7) is 8.31. The van der Waals surface area contributed by atoms with Crippen molar-refractivity contribution in [2.75, 3.05) is 19.7 Å². The lowest BCUT2D eigenvalue weighted by atomic mass is 9.97. The predicted molar refractivity (Wildman–Crippen MR) is 79.8 cm³/mol. The maximum Gasteiger partial charge on any atom is 0.225 e. The van der Waals surface area contributed by atoms with Crippen LogP contribution in [0.1, 0.15) is 19.4 Å². The van der Waals surface area contributed by atoms with E-state index in [2.05, 4.69) is 17.6 Å².